The van der Waals surface area contributed by atoms with Crippen LogP contribution in [0.2, 0.25) is 0 Å². The van der Waals surface area contributed by atoms with Crippen molar-refractivity contribution in [2.45, 2.75) is 58.4 Å². The van der Waals surface area contributed by atoms with Gasteiger partial charge in [0.2, 0.25) is 11.8 Å². The van der Waals surface area contributed by atoms with Crippen LogP contribution in [0.1, 0.15) is 49.7 Å². The Labute approximate surface area is 160 Å². The van der Waals surface area contributed by atoms with E-state index in [4.69, 9.17) is 5.11 Å². The van der Waals surface area contributed by atoms with Gasteiger partial charge in [0.25, 0.3) is 0 Å². The summed E-state index contributed by atoms with van der Waals surface area (Å²) >= 11 is 0. The molecule has 1 aromatic carbocycles. The van der Waals surface area contributed by atoms with Crippen LogP contribution in [0.4, 0.5) is 5.69 Å². The fourth-order valence-electron chi connectivity index (χ4n) is 4.35. The van der Waals surface area contributed by atoms with Crippen molar-refractivity contribution in [3.63, 3.8) is 0 Å². The molecule has 2 heterocycles. The Bertz CT molecular complexity index is 725. The number of carboxylic acids is 1. The number of nitrogens with zero attached hydrogens (tertiary/aromatic N) is 2. The fraction of sp³-hybridized carbons (Fsp3) is 0.571. The van der Waals surface area contributed by atoms with Gasteiger partial charge in [0, 0.05) is 31.2 Å². The molecule has 0 aliphatic carbocycles. The van der Waals surface area contributed by atoms with Crippen LogP contribution in [0, 0.1) is 19.8 Å². The molecule has 0 aromatic heterocycles. The molecule has 2 unspecified atom stereocenters. The normalized spacial score (nSPS) is 23.0. The summed E-state index contributed by atoms with van der Waals surface area (Å²) in [5.74, 6) is -1.74. The highest BCUT2D eigenvalue weighted by Gasteiger charge is 2.41. The summed E-state index contributed by atoms with van der Waals surface area (Å²) in [4.78, 5) is 40.5. The van der Waals surface area contributed by atoms with Gasteiger partial charge in [-0.05, 0) is 69.2 Å². The summed E-state index contributed by atoms with van der Waals surface area (Å²) in [5, 5.41) is 8.96. The number of piperidine rings is 1. The highest BCUT2D eigenvalue weighted by molar-refractivity contribution is 6.09. The van der Waals surface area contributed by atoms with E-state index in [0.29, 0.717) is 25.9 Å². The average Bonchev–Trinajstić information content (AvgIpc) is 3.00. The number of carboxylic acid groups (broad SMARTS) is 1. The van der Waals surface area contributed by atoms with Crippen molar-refractivity contribution in [1.82, 2.24) is 4.90 Å². The standard InChI is InChI=1S/C21H28N2O4/c1-14-11-15(2)13-17(12-14)23-10-8-18(21(23)27)20(26)22-9-4-3-5-16(22)6-7-19(24)25/h11-13,16,18H,3-10H2,1-2H3,(H,24,25). The molecule has 1 N–H and O–H groups in total. The third kappa shape index (κ3) is 4.31. The van der Waals surface area contributed by atoms with Crippen molar-refractivity contribution in [2.24, 2.45) is 5.92 Å². The number of hydrogen-bond acceptors (Lipinski definition) is 3. The molecule has 6 nitrogen and oxygen atoms in total. The van der Waals surface area contributed by atoms with Crippen molar-refractivity contribution in [3.8, 4) is 0 Å². The van der Waals surface area contributed by atoms with Crippen molar-refractivity contribution < 1.29 is 19.5 Å². The Kier molecular flexibility index (Phi) is 5.82. The number of aliphatic carboxylic acids is 1. The lowest BCUT2D eigenvalue weighted by Gasteiger charge is -2.37. The van der Waals surface area contributed by atoms with Crippen LogP contribution in [0.3, 0.4) is 0 Å². The van der Waals surface area contributed by atoms with Gasteiger partial charge in [0.15, 0.2) is 0 Å². The number of rotatable bonds is 5. The zero-order chi connectivity index (χ0) is 19.6. The molecule has 0 radical (unpaired) electrons. The summed E-state index contributed by atoms with van der Waals surface area (Å²) in [6.07, 6.45) is 3.77. The lowest BCUT2D eigenvalue weighted by atomic mass is 9.95. The van der Waals surface area contributed by atoms with Crippen LogP contribution in [-0.2, 0) is 14.4 Å². The minimum atomic E-state index is -0.842. The molecule has 2 saturated heterocycles. The molecule has 0 bridgehead atoms. The average molecular weight is 372 g/mol. The molecule has 0 saturated carbocycles. The quantitative estimate of drug-likeness (QED) is 0.806. The van der Waals surface area contributed by atoms with Gasteiger partial charge in [-0.25, -0.2) is 0 Å². The number of amides is 2. The number of likely N-dealkylation sites (tertiary alicyclic amines) is 1. The second-order valence-electron chi connectivity index (χ2n) is 7.79. The number of aryl methyl sites for hydroxylation is 2. The van der Waals surface area contributed by atoms with Crippen LogP contribution >= 0.6 is 0 Å². The predicted molar refractivity (Wildman–Crippen MR) is 103 cm³/mol. The van der Waals surface area contributed by atoms with Gasteiger partial charge in [0.1, 0.15) is 5.92 Å². The van der Waals surface area contributed by atoms with E-state index < -0.39 is 11.9 Å². The molecular weight excluding hydrogens is 344 g/mol. The maximum absolute atomic E-state index is 13.1. The molecule has 0 spiro atoms. The minimum absolute atomic E-state index is 0.0573. The molecule has 2 atom stereocenters. The van der Waals surface area contributed by atoms with Crippen LogP contribution < -0.4 is 4.90 Å². The van der Waals surface area contributed by atoms with Crippen LogP contribution in [0.15, 0.2) is 18.2 Å². The molecule has 6 heteroatoms. The van der Waals surface area contributed by atoms with Gasteiger partial charge < -0.3 is 14.9 Å². The van der Waals surface area contributed by atoms with E-state index in [1.807, 2.05) is 26.0 Å². The molecule has 2 amide bonds. The van der Waals surface area contributed by atoms with E-state index in [0.717, 1.165) is 36.1 Å². The Balaban J connectivity index is 1.72. The van der Waals surface area contributed by atoms with E-state index in [-0.39, 0.29) is 24.3 Å². The molecule has 27 heavy (non-hydrogen) atoms. The molecule has 1 aromatic rings. The first-order valence-corrected chi connectivity index (χ1v) is 9.79. The van der Waals surface area contributed by atoms with Crippen LogP contribution in [0.25, 0.3) is 0 Å². The highest BCUT2D eigenvalue weighted by atomic mass is 16.4. The van der Waals surface area contributed by atoms with Crippen LogP contribution in [0.5, 0.6) is 0 Å². The molecular formula is C21H28N2O4. The molecule has 2 aliphatic heterocycles. The Hall–Kier alpha value is -2.37. The second-order valence-corrected chi connectivity index (χ2v) is 7.79. The van der Waals surface area contributed by atoms with E-state index in [9.17, 15) is 14.4 Å². The first kappa shape index (κ1) is 19.4. The Morgan fingerprint density at radius 2 is 1.78 bits per heavy atom. The largest absolute Gasteiger partial charge is 0.481 e. The first-order chi connectivity index (χ1) is 12.9. The van der Waals surface area contributed by atoms with Gasteiger partial charge in [-0.3, -0.25) is 14.4 Å². The maximum Gasteiger partial charge on any atom is 0.303 e. The number of carbonyl (C=O) groups excluding carboxylic acids is 2. The maximum atomic E-state index is 13.1. The first-order valence-electron chi connectivity index (χ1n) is 9.79. The van der Waals surface area contributed by atoms with E-state index in [1.165, 1.54) is 0 Å². The second kappa shape index (κ2) is 8.11. The third-order valence-corrected chi connectivity index (χ3v) is 5.62. The van der Waals surface area contributed by atoms with Gasteiger partial charge in [-0.2, -0.15) is 0 Å². The summed E-state index contributed by atoms with van der Waals surface area (Å²) in [6, 6.07) is 5.96. The van der Waals surface area contributed by atoms with Crippen molar-refractivity contribution in [3.05, 3.63) is 29.3 Å². The zero-order valence-electron chi connectivity index (χ0n) is 16.1. The van der Waals surface area contributed by atoms with Gasteiger partial charge in [0.05, 0.1) is 0 Å². The summed E-state index contributed by atoms with van der Waals surface area (Å²) < 4.78 is 0. The lowest BCUT2D eigenvalue weighted by molar-refractivity contribution is -0.145. The monoisotopic (exact) mass is 372 g/mol. The predicted octanol–water partition coefficient (Wildman–Crippen LogP) is 2.90. The van der Waals surface area contributed by atoms with Gasteiger partial charge >= 0.3 is 5.97 Å². The third-order valence-electron chi connectivity index (χ3n) is 5.62. The number of benzene rings is 1. The number of carbonyl (C=O) groups is 3. The van der Waals surface area contributed by atoms with E-state index in [2.05, 4.69) is 6.07 Å². The Morgan fingerprint density at radius 1 is 1.07 bits per heavy atom. The van der Waals surface area contributed by atoms with E-state index >= 15 is 0 Å². The van der Waals surface area contributed by atoms with Crippen molar-refractivity contribution >= 4 is 23.5 Å². The number of anilines is 1. The van der Waals surface area contributed by atoms with E-state index in [1.54, 1.807) is 9.80 Å². The summed E-state index contributed by atoms with van der Waals surface area (Å²) in [7, 11) is 0. The van der Waals surface area contributed by atoms with Crippen LogP contribution in [-0.4, -0.2) is 46.9 Å². The minimum Gasteiger partial charge on any atom is -0.481 e. The molecule has 3 rings (SSSR count). The Morgan fingerprint density at radius 3 is 2.44 bits per heavy atom. The smallest absolute Gasteiger partial charge is 0.303 e. The highest BCUT2D eigenvalue weighted by Crippen LogP contribution is 2.30. The topological polar surface area (TPSA) is 77.9 Å². The zero-order valence-corrected chi connectivity index (χ0v) is 16.1. The van der Waals surface area contributed by atoms with Crippen molar-refractivity contribution in [2.75, 3.05) is 18.0 Å². The molecule has 146 valence electrons. The SMILES string of the molecule is Cc1cc(C)cc(N2CCC(C(=O)N3CCCCC3CCC(=O)O)C2=O)c1. The number of hydrogen-bond donors (Lipinski definition) is 1. The molecule has 2 fully saturated rings. The van der Waals surface area contributed by atoms with Crippen molar-refractivity contribution in [1.29, 1.82) is 0 Å². The fourth-order valence-corrected chi connectivity index (χ4v) is 4.35. The summed E-state index contributed by atoms with van der Waals surface area (Å²) in [5.41, 5.74) is 3.04. The van der Waals surface area contributed by atoms with Gasteiger partial charge in [-0.1, -0.05) is 6.07 Å². The summed E-state index contributed by atoms with van der Waals surface area (Å²) in [6.45, 7) is 5.17. The van der Waals surface area contributed by atoms with Gasteiger partial charge in [-0.15, -0.1) is 0 Å². The lowest BCUT2D eigenvalue weighted by Crippen LogP contribution is -2.48. The molecule has 2 aliphatic rings.